The molecule has 1 heterocycles. The molecule has 2 rings (SSSR count). The number of halogens is 2. The minimum Gasteiger partial charge on any atom is -0.274 e. The molecule has 0 aliphatic carbocycles. The van der Waals surface area contributed by atoms with Gasteiger partial charge in [0.15, 0.2) is 0 Å². The molecule has 0 bridgehead atoms. The van der Waals surface area contributed by atoms with Gasteiger partial charge in [0.2, 0.25) is 5.91 Å². The van der Waals surface area contributed by atoms with E-state index in [1.807, 2.05) is 6.92 Å². The number of rotatable bonds is 3. The molecule has 1 fully saturated rings. The van der Waals surface area contributed by atoms with Crippen molar-refractivity contribution in [3.05, 3.63) is 27.1 Å². The normalized spacial score (nSPS) is 20.1. The molecule has 1 aliphatic rings. The summed E-state index contributed by atoms with van der Waals surface area (Å²) in [6, 6.07) is 4.80. The van der Waals surface area contributed by atoms with Gasteiger partial charge in [0.25, 0.3) is 10.0 Å². The van der Waals surface area contributed by atoms with E-state index in [-0.39, 0.29) is 23.3 Å². The van der Waals surface area contributed by atoms with Crippen molar-refractivity contribution in [1.82, 2.24) is 4.31 Å². The first-order valence-corrected chi connectivity index (χ1v) is 8.89. The highest BCUT2D eigenvalue weighted by atomic mass is 79.9. The summed E-state index contributed by atoms with van der Waals surface area (Å²) >= 11 is 6.51. The molecule has 1 amide bonds. The Bertz CT molecular complexity index is 615. The quantitative estimate of drug-likeness (QED) is 0.768. The molecule has 104 valence electrons. The Balaban J connectivity index is 2.40. The monoisotopic (exact) mass is 409 g/mol. The van der Waals surface area contributed by atoms with E-state index in [2.05, 4.69) is 31.9 Å². The third kappa shape index (κ3) is 2.87. The van der Waals surface area contributed by atoms with Crippen LogP contribution in [0.25, 0.3) is 0 Å². The van der Waals surface area contributed by atoms with Crippen LogP contribution in [0.3, 0.4) is 0 Å². The van der Waals surface area contributed by atoms with Crippen LogP contribution >= 0.6 is 31.9 Å². The maximum Gasteiger partial charge on any atom is 0.267 e. The zero-order valence-electron chi connectivity index (χ0n) is 10.3. The van der Waals surface area contributed by atoms with Gasteiger partial charge in [-0.2, -0.15) is 0 Å². The van der Waals surface area contributed by atoms with Gasteiger partial charge < -0.3 is 0 Å². The molecule has 0 radical (unpaired) electrons. The fourth-order valence-corrected chi connectivity index (χ4v) is 5.25. The van der Waals surface area contributed by atoms with Gasteiger partial charge in [0.05, 0.1) is 0 Å². The summed E-state index contributed by atoms with van der Waals surface area (Å²) in [5.41, 5.74) is 0. The lowest BCUT2D eigenvalue weighted by Crippen LogP contribution is -2.32. The minimum absolute atomic E-state index is 0.122. The molecule has 19 heavy (non-hydrogen) atoms. The van der Waals surface area contributed by atoms with Crippen molar-refractivity contribution in [3.63, 3.8) is 0 Å². The van der Waals surface area contributed by atoms with Gasteiger partial charge in [-0.15, -0.1) is 0 Å². The maximum atomic E-state index is 12.5. The van der Waals surface area contributed by atoms with Gasteiger partial charge in [0, 0.05) is 21.9 Å². The number of benzene rings is 1. The molecule has 1 aromatic rings. The Morgan fingerprint density at radius 2 is 2.05 bits per heavy atom. The van der Waals surface area contributed by atoms with E-state index in [0.29, 0.717) is 10.9 Å². The third-order valence-electron chi connectivity index (χ3n) is 3.20. The average Bonchev–Trinajstić information content (AvgIpc) is 2.70. The standard InChI is InChI=1S/C12H13Br2NO3S/c1-2-8-5-12(16)15(7-8)19(17,18)11-4-3-9(13)6-10(11)14/h3-4,6,8H,2,5,7H2,1H3. The summed E-state index contributed by atoms with van der Waals surface area (Å²) < 4.78 is 27.2. The van der Waals surface area contributed by atoms with Gasteiger partial charge in [-0.3, -0.25) is 4.79 Å². The number of hydrogen-bond donors (Lipinski definition) is 0. The molecule has 1 saturated heterocycles. The Morgan fingerprint density at radius 3 is 2.58 bits per heavy atom. The molecule has 4 nitrogen and oxygen atoms in total. The van der Waals surface area contributed by atoms with Gasteiger partial charge in [-0.05, 0) is 40.0 Å². The van der Waals surface area contributed by atoms with Crippen LogP contribution in [-0.2, 0) is 14.8 Å². The van der Waals surface area contributed by atoms with Crippen molar-refractivity contribution in [2.45, 2.75) is 24.7 Å². The van der Waals surface area contributed by atoms with E-state index in [1.165, 1.54) is 6.07 Å². The van der Waals surface area contributed by atoms with Crippen molar-refractivity contribution in [1.29, 1.82) is 0 Å². The van der Waals surface area contributed by atoms with Crippen LogP contribution in [0.4, 0.5) is 0 Å². The van der Waals surface area contributed by atoms with Gasteiger partial charge in [-0.1, -0.05) is 29.3 Å². The smallest absolute Gasteiger partial charge is 0.267 e. The summed E-state index contributed by atoms with van der Waals surface area (Å²) in [7, 11) is -3.76. The lowest BCUT2D eigenvalue weighted by Gasteiger charge is -2.18. The summed E-state index contributed by atoms with van der Waals surface area (Å²) in [4.78, 5) is 12.0. The Kier molecular flexibility index (Phi) is 4.37. The van der Waals surface area contributed by atoms with Crippen molar-refractivity contribution in [2.24, 2.45) is 5.92 Å². The number of hydrogen-bond acceptors (Lipinski definition) is 3. The molecule has 0 saturated carbocycles. The lowest BCUT2D eigenvalue weighted by atomic mass is 10.1. The van der Waals surface area contributed by atoms with E-state index in [0.717, 1.165) is 15.2 Å². The molecular weight excluding hydrogens is 398 g/mol. The van der Waals surface area contributed by atoms with Gasteiger partial charge in [-0.25, -0.2) is 12.7 Å². The molecule has 0 aromatic heterocycles. The highest BCUT2D eigenvalue weighted by Crippen LogP contribution is 2.32. The Labute approximate surface area is 129 Å². The number of carbonyl (C=O) groups excluding carboxylic acids is 1. The predicted molar refractivity (Wildman–Crippen MR) is 79.1 cm³/mol. The van der Waals surface area contributed by atoms with Crippen molar-refractivity contribution < 1.29 is 13.2 Å². The zero-order chi connectivity index (χ0) is 14.2. The van der Waals surface area contributed by atoms with E-state index in [9.17, 15) is 13.2 Å². The van der Waals surface area contributed by atoms with Crippen LogP contribution in [0.1, 0.15) is 19.8 Å². The summed E-state index contributed by atoms with van der Waals surface area (Å²) in [6.07, 6.45) is 1.11. The first kappa shape index (κ1) is 15.0. The minimum atomic E-state index is -3.76. The molecule has 1 aromatic carbocycles. The molecular formula is C12H13Br2NO3S. The molecule has 7 heteroatoms. The summed E-state index contributed by atoms with van der Waals surface area (Å²) in [5, 5.41) is 0. The lowest BCUT2D eigenvalue weighted by molar-refractivity contribution is -0.123. The molecule has 1 atom stereocenters. The van der Waals surface area contributed by atoms with Crippen LogP contribution in [0.15, 0.2) is 32.0 Å². The number of sulfonamides is 1. The summed E-state index contributed by atoms with van der Waals surface area (Å²) in [6.45, 7) is 2.24. The van der Waals surface area contributed by atoms with Gasteiger partial charge >= 0.3 is 0 Å². The van der Waals surface area contributed by atoms with E-state index < -0.39 is 10.0 Å². The maximum absolute atomic E-state index is 12.5. The van der Waals surface area contributed by atoms with Crippen LogP contribution < -0.4 is 0 Å². The molecule has 1 aliphatic heterocycles. The second kappa shape index (κ2) is 5.54. The summed E-state index contributed by atoms with van der Waals surface area (Å²) in [5.74, 6) is -0.196. The fourth-order valence-electron chi connectivity index (χ4n) is 2.06. The van der Waals surface area contributed by atoms with Crippen LogP contribution in [0.5, 0.6) is 0 Å². The van der Waals surface area contributed by atoms with Crippen LogP contribution in [0, 0.1) is 5.92 Å². The highest BCUT2D eigenvalue weighted by Gasteiger charge is 2.38. The SMILES string of the molecule is CCC1CC(=O)N(S(=O)(=O)c2ccc(Br)cc2Br)C1. The largest absolute Gasteiger partial charge is 0.274 e. The molecule has 1 unspecified atom stereocenters. The number of amides is 1. The van der Waals surface area contributed by atoms with E-state index >= 15 is 0 Å². The topological polar surface area (TPSA) is 54.5 Å². The van der Waals surface area contributed by atoms with Crippen LogP contribution in [0.2, 0.25) is 0 Å². The Morgan fingerprint density at radius 1 is 1.37 bits per heavy atom. The van der Waals surface area contributed by atoms with Gasteiger partial charge in [0.1, 0.15) is 4.90 Å². The number of carbonyl (C=O) groups is 1. The number of nitrogens with zero attached hydrogens (tertiary/aromatic N) is 1. The second-order valence-electron chi connectivity index (χ2n) is 4.48. The van der Waals surface area contributed by atoms with Crippen molar-refractivity contribution in [3.8, 4) is 0 Å². The first-order valence-electron chi connectivity index (χ1n) is 5.87. The first-order chi connectivity index (χ1) is 8.86. The third-order valence-corrected chi connectivity index (χ3v) is 6.46. The van der Waals surface area contributed by atoms with E-state index in [4.69, 9.17) is 0 Å². The van der Waals surface area contributed by atoms with E-state index in [1.54, 1.807) is 12.1 Å². The predicted octanol–water partition coefficient (Wildman–Crippen LogP) is 3.16. The average molecular weight is 411 g/mol. The van der Waals surface area contributed by atoms with Crippen molar-refractivity contribution in [2.75, 3.05) is 6.54 Å². The Hall–Kier alpha value is -0.400. The molecule has 0 N–H and O–H groups in total. The zero-order valence-corrected chi connectivity index (χ0v) is 14.3. The fraction of sp³-hybridized carbons (Fsp3) is 0.417. The molecule has 0 spiro atoms. The second-order valence-corrected chi connectivity index (χ2v) is 8.08. The van der Waals surface area contributed by atoms with Crippen LogP contribution in [-0.4, -0.2) is 25.2 Å². The van der Waals surface area contributed by atoms with Crippen molar-refractivity contribution >= 4 is 47.8 Å². The highest BCUT2D eigenvalue weighted by molar-refractivity contribution is 9.11.